The molecule has 0 saturated carbocycles. The summed E-state index contributed by atoms with van der Waals surface area (Å²) in [6.45, 7) is 2.05. The number of terminal acetylenes is 1. The van der Waals surface area contributed by atoms with Crippen LogP contribution in [0, 0.1) is 18.3 Å². The smallest absolute Gasteiger partial charge is 0.321 e. The SMILES string of the molecule is C#CCSCCNC(=O)NC(=O)CC(C)CC(=O)O. The predicted octanol–water partition coefficient (Wildman–Crippen LogP) is 0.679. The average molecular weight is 286 g/mol. The van der Waals surface area contributed by atoms with Crippen LogP contribution in [0.2, 0.25) is 0 Å². The molecule has 0 spiro atoms. The van der Waals surface area contributed by atoms with E-state index in [2.05, 4.69) is 16.6 Å². The second kappa shape index (κ2) is 10.3. The van der Waals surface area contributed by atoms with E-state index in [1.807, 2.05) is 0 Å². The Morgan fingerprint density at radius 1 is 1.37 bits per heavy atom. The van der Waals surface area contributed by atoms with Gasteiger partial charge in [-0.3, -0.25) is 14.9 Å². The Morgan fingerprint density at radius 2 is 2.05 bits per heavy atom. The minimum Gasteiger partial charge on any atom is -0.481 e. The fourth-order valence-electron chi connectivity index (χ4n) is 1.28. The molecule has 0 aliphatic carbocycles. The molecule has 0 aliphatic rings. The maximum Gasteiger partial charge on any atom is 0.321 e. The third-order valence-electron chi connectivity index (χ3n) is 2.03. The standard InChI is InChI=1S/C12H18N2O4S/c1-3-5-19-6-4-13-12(18)14-10(15)7-9(2)8-11(16)17/h1,9H,4-8H2,2H3,(H,16,17)(H2,13,14,15,18). The molecule has 0 bridgehead atoms. The Labute approximate surface area is 116 Å². The zero-order valence-corrected chi connectivity index (χ0v) is 11.6. The topological polar surface area (TPSA) is 95.5 Å². The number of carboxylic acid groups (broad SMARTS) is 1. The van der Waals surface area contributed by atoms with Crippen LogP contribution >= 0.6 is 11.8 Å². The summed E-state index contributed by atoms with van der Waals surface area (Å²) < 4.78 is 0. The third kappa shape index (κ3) is 11.2. The Morgan fingerprint density at radius 3 is 2.63 bits per heavy atom. The van der Waals surface area contributed by atoms with Gasteiger partial charge in [-0.15, -0.1) is 18.2 Å². The van der Waals surface area contributed by atoms with Crippen molar-refractivity contribution in [2.75, 3.05) is 18.1 Å². The summed E-state index contributed by atoms with van der Waals surface area (Å²) in [6, 6.07) is -0.575. The highest BCUT2D eigenvalue weighted by Gasteiger charge is 2.14. The number of nitrogens with one attached hydrogen (secondary N) is 2. The Kier molecular flexibility index (Phi) is 9.35. The first kappa shape index (κ1) is 17.3. The molecule has 3 N–H and O–H groups in total. The molecule has 0 aliphatic heterocycles. The van der Waals surface area contributed by atoms with Crippen molar-refractivity contribution >= 4 is 29.7 Å². The van der Waals surface area contributed by atoms with Crippen LogP contribution in [0.15, 0.2) is 0 Å². The first-order chi connectivity index (χ1) is 8.95. The summed E-state index contributed by atoms with van der Waals surface area (Å²) >= 11 is 1.50. The molecular formula is C12H18N2O4S. The zero-order valence-electron chi connectivity index (χ0n) is 10.8. The first-order valence-corrected chi connectivity index (χ1v) is 6.91. The van der Waals surface area contributed by atoms with E-state index in [0.29, 0.717) is 18.1 Å². The molecule has 3 amide bonds. The molecular weight excluding hydrogens is 268 g/mol. The van der Waals surface area contributed by atoms with Crippen molar-refractivity contribution in [1.82, 2.24) is 10.6 Å². The van der Waals surface area contributed by atoms with Crippen molar-refractivity contribution in [3.8, 4) is 12.3 Å². The van der Waals surface area contributed by atoms with Gasteiger partial charge in [0.1, 0.15) is 0 Å². The van der Waals surface area contributed by atoms with Crippen molar-refractivity contribution in [1.29, 1.82) is 0 Å². The van der Waals surface area contributed by atoms with Crippen molar-refractivity contribution in [2.45, 2.75) is 19.8 Å². The molecule has 0 aromatic carbocycles. The lowest BCUT2D eigenvalue weighted by atomic mass is 10.0. The maximum atomic E-state index is 11.4. The van der Waals surface area contributed by atoms with Gasteiger partial charge in [0.15, 0.2) is 0 Å². The van der Waals surface area contributed by atoms with E-state index in [0.717, 1.165) is 0 Å². The molecule has 0 aromatic rings. The number of carbonyl (C=O) groups excluding carboxylic acids is 2. The van der Waals surface area contributed by atoms with Gasteiger partial charge in [-0.1, -0.05) is 12.8 Å². The van der Waals surface area contributed by atoms with Crippen molar-refractivity contribution in [2.24, 2.45) is 5.92 Å². The number of thioether (sulfide) groups is 1. The molecule has 0 radical (unpaired) electrons. The Bertz CT molecular complexity index is 365. The number of imide groups is 1. The van der Waals surface area contributed by atoms with Gasteiger partial charge in [0.05, 0.1) is 5.75 Å². The lowest BCUT2D eigenvalue weighted by Gasteiger charge is -2.09. The number of carboxylic acids is 1. The van der Waals surface area contributed by atoms with Crippen molar-refractivity contribution < 1.29 is 19.5 Å². The normalized spacial score (nSPS) is 11.2. The molecule has 0 heterocycles. The quantitative estimate of drug-likeness (QED) is 0.450. The fourth-order valence-corrected chi connectivity index (χ4v) is 1.79. The van der Waals surface area contributed by atoms with Gasteiger partial charge in [0, 0.05) is 25.1 Å². The predicted molar refractivity (Wildman–Crippen MR) is 73.7 cm³/mol. The number of amides is 3. The molecule has 0 aromatic heterocycles. The van der Waals surface area contributed by atoms with Crippen LogP contribution in [-0.2, 0) is 9.59 Å². The third-order valence-corrected chi connectivity index (χ3v) is 2.89. The van der Waals surface area contributed by atoms with Crippen LogP contribution in [-0.4, -0.2) is 41.1 Å². The van der Waals surface area contributed by atoms with Crippen LogP contribution in [0.4, 0.5) is 4.79 Å². The molecule has 7 heteroatoms. The van der Waals surface area contributed by atoms with E-state index in [9.17, 15) is 14.4 Å². The highest BCUT2D eigenvalue weighted by molar-refractivity contribution is 7.99. The number of rotatable bonds is 8. The van der Waals surface area contributed by atoms with Gasteiger partial charge in [-0.25, -0.2) is 4.79 Å². The van der Waals surface area contributed by atoms with Gasteiger partial charge in [-0.2, -0.15) is 0 Å². The van der Waals surface area contributed by atoms with Gasteiger partial charge < -0.3 is 10.4 Å². The largest absolute Gasteiger partial charge is 0.481 e. The lowest BCUT2D eigenvalue weighted by Crippen LogP contribution is -2.40. The molecule has 1 unspecified atom stereocenters. The average Bonchev–Trinajstić information content (AvgIpc) is 2.26. The summed E-state index contributed by atoms with van der Waals surface area (Å²) in [5.74, 6) is 1.95. The molecule has 6 nitrogen and oxygen atoms in total. The summed E-state index contributed by atoms with van der Waals surface area (Å²) in [5.41, 5.74) is 0. The van der Waals surface area contributed by atoms with E-state index >= 15 is 0 Å². The van der Waals surface area contributed by atoms with Gasteiger partial charge >= 0.3 is 12.0 Å². The number of carbonyl (C=O) groups is 3. The zero-order chi connectivity index (χ0) is 14.7. The van der Waals surface area contributed by atoms with Gasteiger partial charge in [0.2, 0.25) is 5.91 Å². The second-order valence-corrected chi connectivity index (χ2v) is 5.07. The number of urea groups is 1. The second-order valence-electron chi connectivity index (χ2n) is 3.97. The van der Waals surface area contributed by atoms with Gasteiger partial charge in [-0.05, 0) is 5.92 Å². The molecule has 106 valence electrons. The van der Waals surface area contributed by atoms with Crippen LogP contribution in [0.1, 0.15) is 19.8 Å². The summed E-state index contributed by atoms with van der Waals surface area (Å²) in [4.78, 5) is 33.1. The minimum atomic E-state index is -0.963. The maximum absolute atomic E-state index is 11.4. The molecule has 19 heavy (non-hydrogen) atoms. The van der Waals surface area contributed by atoms with E-state index < -0.39 is 17.9 Å². The first-order valence-electron chi connectivity index (χ1n) is 5.76. The Hall–Kier alpha value is -1.68. The summed E-state index contributed by atoms with van der Waals surface area (Å²) in [5, 5.41) is 13.2. The van der Waals surface area contributed by atoms with Crippen molar-refractivity contribution in [3.63, 3.8) is 0 Å². The number of aliphatic carboxylic acids is 1. The highest BCUT2D eigenvalue weighted by Crippen LogP contribution is 2.06. The van der Waals surface area contributed by atoms with E-state index in [4.69, 9.17) is 11.5 Å². The Balaban J connectivity index is 3.72. The fraction of sp³-hybridized carbons (Fsp3) is 0.583. The number of hydrogen-bond donors (Lipinski definition) is 3. The molecule has 1 atom stereocenters. The monoisotopic (exact) mass is 286 g/mol. The minimum absolute atomic E-state index is 0.00552. The van der Waals surface area contributed by atoms with Crippen molar-refractivity contribution in [3.05, 3.63) is 0 Å². The number of hydrogen-bond acceptors (Lipinski definition) is 4. The summed E-state index contributed by atoms with van der Waals surface area (Å²) in [6.07, 6.45) is 4.97. The molecule has 0 fully saturated rings. The molecule has 0 rings (SSSR count). The highest BCUT2D eigenvalue weighted by atomic mass is 32.2. The van der Waals surface area contributed by atoms with Gasteiger partial charge in [0.25, 0.3) is 0 Å². The molecule has 0 saturated heterocycles. The van der Waals surface area contributed by atoms with Crippen LogP contribution in [0.25, 0.3) is 0 Å². The van der Waals surface area contributed by atoms with Crippen LogP contribution < -0.4 is 10.6 Å². The van der Waals surface area contributed by atoms with E-state index in [-0.39, 0.29) is 18.8 Å². The lowest BCUT2D eigenvalue weighted by molar-refractivity contribution is -0.138. The van der Waals surface area contributed by atoms with Crippen LogP contribution in [0.5, 0.6) is 0 Å². The summed E-state index contributed by atoms with van der Waals surface area (Å²) in [7, 11) is 0. The van der Waals surface area contributed by atoms with E-state index in [1.54, 1.807) is 6.92 Å². The van der Waals surface area contributed by atoms with Crippen LogP contribution in [0.3, 0.4) is 0 Å². The van der Waals surface area contributed by atoms with E-state index in [1.165, 1.54) is 11.8 Å².